The van der Waals surface area contributed by atoms with E-state index in [1.807, 2.05) is 0 Å². The number of hydrazone groups is 1. The molecule has 0 unspecified atom stereocenters. The molecule has 0 aliphatic carbocycles. The highest BCUT2D eigenvalue weighted by Gasteiger charge is 2.14. The van der Waals surface area contributed by atoms with E-state index in [-0.39, 0.29) is 5.91 Å². The molecular formula is C17H17ClN2O4. The largest absolute Gasteiger partial charge is 0.493 e. The molecule has 0 aliphatic rings. The van der Waals surface area contributed by atoms with E-state index in [1.54, 1.807) is 36.4 Å². The Morgan fingerprint density at radius 2 is 1.67 bits per heavy atom. The number of hydrogen-bond donors (Lipinski definition) is 1. The van der Waals surface area contributed by atoms with Crippen LogP contribution in [0, 0.1) is 0 Å². The lowest BCUT2D eigenvalue weighted by molar-refractivity contribution is 0.0955. The van der Waals surface area contributed by atoms with Gasteiger partial charge in [0.1, 0.15) is 0 Å². The summed E-state index contributed by atoms with van der Waals surface area (Å²) in [6, 6.07) is 9.98. The number of benzene rings is 2. The Morgan fingerprint density at radius 3 is 2.25 bits per heavy atom. The van der Waals surface area contributed by atoms with Gasteiger partial charge in [0, 0.05) is 16.1 Å². The van der Waals surface area contributed by atoms with Gasteiger partial charge in [-0.25, -0.2) is 5.43 Å². The van der Waals surface area contributed by atoms with E-state index < -0.39 is 0 Å². The highest BCUT2D eigenvalue weighted by Crippen LogP contribution is 2.38. The van der Waals surface area contributed by atoms with Gasteiger partial charge in [-0.1, -0.05) is 11.6 Å². The molecule has 2 rings (SSSR count). The summed E-state index contributed by atoms with van der Waals surface area (Å²) in [5.41, 5.74) is 3.53. The molecule has 0 aromatic heterocycles. The van der Waals surface area contributed by atoms with Gasteiger partial charge < -0.3 is 14.2 Å². The van der Waals surface area contributed by atoms with Crippen LogP contribution in [0.3, 0.4) is 0 Å². The van der Waals surface area contributed by atoms with Crippen molar-refractivity contribution in [2.75, 3.05) is 21.3 Å². The first kappa shape index (κ1) is 17.6. The molecule has 1 N–H and O–H groups in total. The molecule has 2 aromatic rings. The topological polar surface area (TPSA) is 69.2 Å². The van der Waals surface area contributed by atoms with Crippen molar-refractivity contribution in [2.24, 2.45) is 5.10 Å². The zero-order valence-corrected chi connectivity index (χ0v) is 14.3. The standard InChI is InChI=1S/C17H17ClN2O4/c1-22-14-9-6-12(15(23-2)16(14)24-3)10-19-20-17(21)11-4-7-13(18)8-5-11/h4-10H,1-3H3,(H,20,21)/b19-10-. The Labute approximate surface area is 145 Å². The van der Waals surface area contributed by atoms with Crippen LogP contribution in [-0.2, 0) is 0 Å². The molecule has 0 atom stereocenters. The highest BCUT2D eigenvalue weighted by atomic mass is 35.5. The minimum Gasteiger partial charge on any atom is -0.493 e. The maximum Gasteiger partial charge on any atom is 0.271 e. The van der Waals surface area contributed by atoms with Gasteiger partial charge in [0.05, 0.1) is 27.5 Å². The van der Waals surface area contributed by atoms with Gasteiger partial charge in [-0.15, -0.1) is 0 Å². The fourth-order valence-corrected chi connectivity index (χ4v) is 2.18. The number of halogens is 1. The van der Waals surface area contributed by atoms with Gasteiger partial charge in [-0.3, -0.25) is 4.79 Å². The molecule has 0 saturated carbocycles. The quantitative estimate of drug-likeness (QED) is 0.643. The molecule has 1 amide bonds. The molecule has 0 fully saturated rings. The number of amides is 1. The first-order valence-corrected chi connectivity index (χ1v) is 7.36. The Kier molecular flexibility index (Phi) is 6.03. The van der Waals surface area contributed by atoms with Crippen molar-refractivity contribution in [3.63, 3.8) is 0 Å². The second-order valence-electron chi connectivity index (χ2n) is 4.63. The van der Waals surface area contributed by atoms with Crippen LogP contribution in [0.15, 0.2) is 41.5 Å². The van der Waals surface area contributed by atoms with Gasteiger partial charge in [-0.05, 0) is 36.4 Å². The molecule has 0 aliphatic heterocycles. The van der Waals surface area contributed by atoms with Crippen molar-refractivity contribution in [1.82, 2.24) is 5.43 Å². The van der Waals surface area contributed by atoms with Crippen molar-refractivity contribution in [2.45, 2.75) is 0 Å². The van der Waals surface area contributed by atoms with Crippen LogP contribution in [0.2, 0.25) is 5.02 Å². The number of carbonyl (C=O) groups is 1. The summed E-state index contributed by atoms with van der Waals surface area (Å²) in [6.45, 7) is 0. The molecule has 0 bridgehead atoms. The minimum absolute atomic E-state index is 0.345. The number of nitrogens with zero attached hydrogens (tertiary/aromatic N) is 1. The summed E-state index contributed by atoms with van der Waals surface area (Å²) in [5.74, 6) is 1.10. The van der Waals surface area contributed by atoms with E-state index >= 15 is 0 Å². The lowest BCUT2D eigenvalue weighted by Crippen LogP contribution is -2.17. The van der Waals surface area contributed by atoms with E-state index in [0.29, 0.717) is 33.4 Å². The molecule has 0 saturated heterocycles. The molecule has 7 heteroatoms. The number of methoxy groups -OCH3 is 3. The molecule has 24 heavy (non-hydrogen) atoms. The van der Waals surface area contributed by atoms with Gasteiger partial charge >= 0.3 is 0 Å². The predicted octanol–water partition coefficient (Wildman–Crippen LogP) is 3.13. The maximum absolute atomic E-state index is 12.0. The SMILES string of the molecule is COc1ccc(/C=N\NC(=O)c2ccc(Cl)cc2)c(OC)c1OC. The lowest BCUT2D eigenvalue weighted by atomic mass is 10.2. The summed E-state index contributed by atoms with van der Waals surface area (Å²) in [4.78, 5) is 12.0. The van der Waals surface area contributed by atoms with Crippen molar-refractivity contribution in [3.05, 3.63) is 52.5 Å². The Hall–Kier alpha value is -2.73. The van der Waals surface area contributed by atoms with Gasteiger partial charge in [-0.2, -0.15) is 5.10 Å². The smallest absolute Gasteiger partial charge is 0.271 e. The van der Waals surface area contributed by atoms with Crippen molar-refractivity contribution in [1.29, 1.82) is 0 Å². The Balaban J connectivity index is 2.17. The molecule has 2 aromatic carbocycles. The summed E-state index contributed by atoms with van der Waals surface area (Å²) >= 11 is 5.79. The van der Waals surface area contributed by atoms with Crippen LogP contribution in [0.5, 0.6) is 17.2 Å². The number of hydrogen-bond acceptors (Lipinski definition) is 5. The zero-order valence-electron chi connectivity index (χ0n) is 13.5. The average molecular weight is 349 g/mol. The van der Waals surface area contributed by atoms with E-state index in [9.17, 15) is 4.79 Å². The maximum atomic E-state index is 12.0. The highest BCUT2D eigenvalue weighted by molar-refractivity contribution is 6.30. The fraction of sp³-hybridized carbons (Fsp3) is 0.176. The van der Waals surface area contributed by atoms with Crippen LogP contribution >= 0.6 is 11.6 Å². The number of nitrogens with one attached hydrogen (secondary N) is 1. The number of carbonyl (C=O) groups excluding carboxylic acids is 1. The van der Waals surface area contributed by atoms with Crippen LogP contribution in [-0.4, -0.2) is 33.5 Å². The van der Waals surface area contributed by atoms with Crippen LogP contribution in [0.1, 0.15) is 15.9 Å². The summed E-state index contributed by atoms with van der Waals surface area (Å²) < 4.78 is 15.9. The third kappa shape index (κ3) is 3.97. The molecule has 6 nitrogen and oxygen atoms in total. The van der Waals surface area contributed by atoms with E-state index in [1.165, 1.54) is 27.5 Å². The van der Waals surface area contributed by atoms with Crippen LogP contribution in [0.4, 0.5) is 0 Å². The van der Waals surface area contributed by atoms with Crippen LogP contribution in [0.25, 0.3) is 0 Å². The first-order valence-electron chi connectivity index (χ1n) is 6.98. The monoisotopic (exact) mass is 348 g/mol. The van der Waals surface area contributed by atoms with Crippen molar-refractivity contribution < 1.29 is 19.0 Å². The molecule has 126 valence electrons. The fourth-order valence-electron chi connectivity index (χ4n) is 2.05. The molecule has 0 heterocycles. The lowest BCUT2D eigenvalue weighted by Gasteiger charge is -2.13. The first-order chi connectivity index (χ1) is 11.6. The summed E-state index contributed by atoms with van der Waals surface area (Å²) in [7, 11) is 4.57. The third-order valence-electron chi connectivity index (χ3n) is 3.21. The van der Waals surface area contributed by atoms with Gasteiger partial charge in [0.2, 0.25) is 5.75 Å². The normalized spacial score (nSPS) is 10.5. The second-order valence-corrected chi connectivity index (χ2v) is 5.07. The summed E-state index contributed by atoms with van der Waals surface area (Å²) in [5, 5.41) is 4.51. The van der Waals surface area contributed by atoms with E-state index in [2.05, 4.69) is 10.5 Å². The van der Waals surface area contributed by atoms with Crippen molar-refractivity contribution >= 4 is 23.7 Å². The van der Waals surface area contributed by atoms with Gasteiger partial charge in [0.15, 0.2) is 11.5 Å². The van der Waals surface area contributed by atoms with E-state index in [4.69, 9.17) is 25.8 Å². The molecule has 0 spiro atoms. The van der Waals surface area contributed by atoms with Gasteiger partial charge in [0.25, 0.3) is 5.91 Å². The average Bonchev–Trinajstić information content (AvgIpc) is 2.61. The Bertz CT molecular complexity index is 745. The summed E-state index contributed by atoms with van der Waals surface area (Å²) in [6.07, 6.45) is 1.47. The minimum atomic E-state index is -0.345. The van der Waals surface area contributed by atoms with Crippen molar-refractivity contribution in [3.8, 4) is 17.2 Å². The predicted molar refractivity (Wildman–Crippen MR) is 92.6 cm³/mol. The van der Waals surface area contributed by atoms with Crippen LogP contribution < -0.4 is 19.6 Å². The third-order valence-corrected chi connectivity index (χ3v) is 3.46. The Morgan fingerprint density at radius 1 is 1.00 bits per heavy atom. The van der Waals surface area contributed by atoms with E-state index in [0.717, 1.165) is 0 Å². The second kappa shape index (κ2) is 8.21. The number of rotatable bonds is 6. The molecule has 0 radical (unpaired) electrons. The number of ether oxygens (including phenoxy) is 3. The zero-order chi connectivity index (χ0) is 17.5. The molecular weight excluding hydrogens is 332 g/mol.